The fourth-order valence-corrected chi connectivity index (χ4v) is 3.60. The Kier molecular flexibility index (Phi) is 7.63. The van der Waals surface area contributed by atoms with Gasteiger partial charge in [-0.15, -0.1) is 0 Å². The zero-order chi connectivity index (χ0) is 23.3. The van der Waals surface area contributed by atoms with Crippen molar-refractivity contribution in [1.82, 2.24) is 0 Å². The maximum atomic E-state index is 12.4. The van der Waals surface area contributed by atoms with Crippen molar-refractivity contribution >= 4 is 39.6 Å². The molecular weight excluding hydrogens is 480 g/mol. The predicted molar refractivity (Wildman–Crippen MR) is 124 cm³/mol. The third-order valence-electron chi connectivity index (χ3n) is 4.65. The topological polar surface area (TPSA) is 100 Å². The summed E-state index contributed by atoms with van der Waals surface area (Å²) in [5.74, 6) is 0.538. The molecule has 0 saturated carbocycles. The van der Waals surface area contributed by atoms with Crippen LogP contribution in [0.5, 0.6) is 11.5 Å². The van der Waals surface area contributed by atoms with E-state index < -0.39 is 10.9 Å². The second-order valence-electron chi connectivity index (χ2n) is 7.06. The summed E-state index contributed by atoms with van der Waals surface area (Å²) < 4.78 is 17.5. The summed E-state index contributed by atoms with van der Waals surface area (Å²) in [6.45, 7) is 6.62. The van der Waals surface area contributed by atoms with Gasteiger partial charge < -0.3 is 14.2 Å². The fraction of sp³-hybridized carbons (Fsp3) is 0.304. The minimum Gasteiger partial charge on any atom is -0.490 e. The van der Waals surface area contributed by atoms with Crippen molar-refractivity contribution in [3.63, 3.8) is 0 Å². The first-order valence-electron chi connectivity index (χ1n) is 10.2. The van der Waals surface area contributed by atoms with Crippen LogP contribution < -0.4 is 9.47 Å². The molecule has 0 aliphatic carbocycles. The third kappa shape index (κ3) is 5.34. The highest BCUT2D eigenvalue weighted by atomic mass is 79.9. The van der Waals surface area contributed by atoms with Gasteiger partial charge in [-0.05, 0) is 66.0 Å². The Morgan fingerprint density at radius 1 is 1.22 bits per heavy atom. The molecule has 1 aliphatic rings. The molecular formula is C23H23BrN2O6. The minimum absolute atomic E-state index is 0.0213. The van der Waals surface area contributed by atoms with Crippen molar-refractivity contribution in [2.75, 3.05) is 13.2 Å². The molecule has 32 heavy (non-hydrogen) atoms. The van der Waals surface area contributed by atoms with E-state index in [4.69, 9.17) is 14.2 Å². The maximum Gasteiger partial charge on any atom is 0.363 e. The van der Waals surface area contributed by atoms with Crippen LogP contribution in [0.15, 0.2) is 45.5 Å². The Morgan fingerprint density at radius 2 is 2.00 bits per heavy atom. The zero-order valence-electron chi connectivity index (χ0n) is 18.0. The number of unbranched alkanes of at least 4 members (excludes halogenated alkanes) is 1. The van der Waals surface area contributed by atoms with Gasteiger partial charge in [-0.3, -0.25) is 10.1 Å². The van der Waals surface area contributed by atoms with Crippen molar-refractivity contribution in [1.29, 1.82) is 0 Å². The smallest absolute Gasteiger partial charge is 0.363 e. The highest BCUT2D eigenvalue weighted by Crippen LogP contribution is 2.38. The lowest BCUT2D eigenvalue weighted by Crippen LogP contribution is -2.06. The molecule has 1 aliphatic heterocycles. The fourth-order valence-electron chi connectivity index (χ4n) is 3.02. The number of esters is 1. The van der Waals surface area contributed by atoms with Crippen LogP contribution in [0.2, 0.25) is 0 Å². The summed E-state index contributed by atoms with van der Waals surface area (Å²) in [5.41, 5.74) is 1.54. The first kappa shape index (κ1) is 23.5. The van der Waals surface area contributed by atoms with Gasteiger partial charge in [0, 0.05) is 17.2 Å². The lowest BCUT2D eigenvalue weighted by molar-refractivity contribution is -0.385. The normalized spacial score (nSPS) is 14.3. The average molecular weight is 503 g/mol. The monoisotopic (exact) mass is 502 g/mol. The molecule has 2 aromatic rings. The van der Waals surface area contributed by atoms with Gasteiger partial charge in [0.15, 0.2) is 17.2 Å². The van der Waals surface area contributed by atoms with Gasteiger partial charge in [-0.1, -0.05) is 19.4 Å². The molecule has 0 bridgehead atoms. The summed E-state index contributed by atoms with van der Waals surface area (Å²) in [7, 11) is 0. The number of ether oxygens (including phenoxy) is 3. The van der Waals surface area contributed by atoms with Crippen molar-refractivity contribution in [2.45, 2.75) is 33.6 Å². The number of cyclic esters (lactones) is 1. The van der Waals surface area contributed by atoms with E-state index in [2.05, 4.69) is 27.8 Å². The molecule has 2 aromatic carbocycles. The molecule has 0 N–H and O–H groups in total. The second-order valence-corrected chi connectivity index (χ2v) is 7.91. The standard InChI is InChI=1S/C23H23BrN2O6/c1-4-6-9-31-21-17(24)10-15(12-20(21)30-5-2)11-18-23(27)32-22(25-18)16-8-7-14(3)19(13-16)26(28)29/h7-8,10-13H,4-6,9H2,1-3H3/b18-11-. The number of halogens is 1. The van der Waals surface area contributed by atoms with Crippen molar-refractivity contribution in [3.05, 3.63) is 67.3 Å². The molecule has 9 heteroatoms. The van der Waals surface area contributed by atoms with Gasteiger partial charge in [0.1, 0.15) is 0 Å². The molecule has 8 nitrogen and oxygen atoms in total. The van der Waals surface area contributed by atoms with Crippen LogP contribution in [0.25, 0.3) is 6.08 Å². The Labute approximate surface area is 194 Å². The molecule has 3 rings (SSSR count). The molecule has 0 saturated heterocycles. The minimum atomic E-state index is -0.638. The number of nitro groups is 1. The van der Waals surface area contributed by atoms with E-state index in [0.717, 1.165) is 12.8 Å². The molecule has 0 unspecified atom stereocenters. The van der Waals surface area contributed by atoms with E-state index in [1.807, 2.05) is 6.92 Å². The van der Waals surface area contributed by atoms with Crippen LogP contribution in [-0.4, -0.2) is 30.0 Å². The van der Waals surface area contributed by atoms with Crippen LogP contribution >= 0.6 is 15.9 Å². The van der Waals surface area contributed by atoms with E-state index in [1.165, 1.54) is 6.07 Å². The van der Waals surface area contributed by atoms with E-state index >= 15 is 0 Å². The van der Waals surface area contributed by atoms with E-state index in [1.54, 1.807) is 37.3 Å². The summed E-state index contributed by atoms with van der Waals surface area (Å²) >= 11 is 3.51. The van der Waals surface area contributed by atoms with Crippen molar-refractivity contribution in [3.8, 4) is 11.5 Å². The lowest BCUT2D eigenvalue weighted by atomic mass is 10.1. The highest BCUT2D eigenvalue weighted by molar-refractivity contribution is 9.10. The van der Waals surface area contributed by atoms with Crippen LogP contribution in [0.3, 0.4) is 0 Å². The average Bonchev–Trinajstić information content (AvgIpc) is 3.10. The third-order valence-corrected chi connectivity index (χ3v) is 5.24. The quantitative estimate of drug-likeness (QED) is 0.145. The molecule has 0 fully saturated rings. The molecule has 0 spiro atoms. The Balaban J connectivity index is 1.94. The molecule has 0 aromatic heterocycles. The number of nitro benzene ring substituents is 1. The van der Waals surface area contributed by atoms with Crippen LogP contribution in [-0.2, 0) is 9.53 Å². The maximum absolute atomic E-state index is 12.4. The predicted octanol–water partition coefficient (Wildman–Crippen LogP) is 5.59. The Morgan fingerprint density at radius 3 is 2.69 bits per heavy atom. The lowest BCUT2D eigenvalue weighted by Gasteiger charge is -2.14. The number of benzene rings is 2. The first-order valence-corrected chi connectivity index (χ1v) is 11.0. The largest absolute Gasteiger partial charge is 0.490 e. The van der Waals surface area contributed by atoms with Gasteiger partial charge >= 0.3 is 5.97 Å². The summed E-state index contributed by atoms with van der Waals surface area (Å²) in [6, 6.07) is 8.13. The molecule has 168 valence electrons. The van der Waals surface area contributed by atoms with E-state index in [9.17, 15) is 14.9 Å². The number of aryl methyl sites for hydroxylation is 1. The first-order chi connectivity index (χ1) is 15.3. The molecule has 0 amide bonds. The van der Waals surface area contributed by atoms with Gasteiger partial charge in [0.25, 0.3) is 5.69 Å². The van der Waals surface area contributed by atoms with Crippen molar-refractivity contribution in [2.24, 2.45) is 4.99 Å². The number of carbonyl (C=O) groups is 1. The van der Waals surface area contributed by atoms with E-state index in [0.29, 0.717) is 45.9 Å². The van der Waals surface area contributed by atoms with Gasteiger partial charge in [-0.25, -0.2) is 9.79 Å². The molecule has 1 heterocycles. The van der Waals surface area contributed by atoms with Gasteiger partial charge in [0.05, 0.1) is 22.6 Å². The number of aliphatic imine (C=N–C) groups is 1. The SMILES string of the molecule is CCCCOc1c(Br)cc(/C=C2\N=C(c3ccc(C)c([N+](=O)[O-])c3)OC2=O)cc1OCC. The number of carbonyl (C=O) groups excluding carboxylic acids is 1. The zero-order valence-corrected chi connectivity index (χ0v) is 19.6. The molecule has 0 radical (unpaired) electrons. The Bertz CT molecular complexity index is 1110. The van der Waals surface area contributed by atoms with Crippen LogP contribution in [0.1, 0.15) is 43.4 Å². The van der Waals surface area contributed by atoms with Crippen LogP contribution in [0.4, 0.5) is 5.69 Å². The van der Waals surface area contributed by atoms with E-state index in [-0.39, 0.29) is 17.3 Å². The summed E-state index contributed by atoms with van der Waals surface area (Å²) in [4.78, 5) is 27.4. The number of rotatable bonds is 9. The Hall–Kier alpha value is -3.20. The summed E-state index contributed by atoms with van der Waals surface area (Å²) in [6.07, 6.45) is 3.50. The van der Waals surface area contributed by atoms with Crippen molar-refractivity contribution < 1.29 is 23.9 Å². The number of hydrogen-bond donors (Lipinski definition) is 0. The number of nitrogens with zero attached hydrogens (tertiary/aromatic N) is 2. The number of hydrogen-bond acceptors (Lipinski definition) is 7. The van der Waals surface area contributed by atoms with Gasteiger partial charge in [-0.2, -0.15) is 0 Å². The molecule has 0 atom stereocenters. The summed E-state index contributed by atoms with van der Waals surface area (Å²) in [5, 5.41) is 11.2. The van der Waals surface area contributed by atoms with Gasteiger partial charge in [0.2, 0.25) is 5.90 Å². The highest BCUT2D eigenvalue weighted by Gasteiger charge is 2.26. The van der Waals surface area contributed by atoms with Crippen LogP contribution in [0, 0.1) is 17.0 Å². The second kappa shape index (κ2) is 10.4.